The predicted octanol–water partition coefficient (Wildman–Crippen LogP) is 1.49. The third kappa shape index (κ3) is 3.94. The third-order valence-electron chi connectivity index (χ3n) is 5.41. The van der Waals surface area contributed by atoms with Crippen molar-refractivity contribution >= 4 is 17.5 Å². The van der Waals surface area contributed by atoms with Gasteiger partial charge in [-0.15, -0.1) is 0 Å². The minimum Gasteiger partial charge on any atom is -0.336 e. The maximum atomic E-state index is 12.6. The van der Waals surface area contributed by atoms with Crippen LogP contribution in [0, 0.1) is 0 Å². The molecule has 3 heterocycles. The summed E-state index contributed by atoms with van der Waals surface area (Å²) < 4.78 is 3.41. The number of aryl methyl sites for hydroxylation is 1. The molecule has 1 fully saturated rings. The quantitative estimate of drug-likeness (QED) is 0.794. The molecule has 1 aromatic carbocycles. The van der Waals surface area contributed by atoms with Crippen LogP contribution < -0.4 is 5.69 Å². The van der Waals surface area contributed by atoms with Crippen LogP contribution in [0.3, 0.4) is 0 Å². The van der Waals surface area contributed by atoms with Crippen LogP contribution in [0.5, 0.6) is 0 Å². The van der Waals surface area contributed by atoms with Crippen LogP contribution in [0.25, 0.3) is 0 Å². The van der Waals surface area contributed by atoms with Crippen LogP contribution in [0.2, 0.25) is 5.02 Å². The second kappa shape index (κ2) is 7.86. The number of hydrogen-bond donors (Lipinski definition) is 0. The highest BCUT2D eigenvalue weighted by Crippen LogP contribution is 2.13. The molecule has 0 saturated carbocycles. The van der Waals surface area contributed by atoms with Gasteiger partial charge in [0.05, 0.1) is 6.54 Å². The standard InChI is InChI=1S/C19H24ClN5O2/c20-16-6-4-15(5-7-16)18(26)23-12-9-22(10-13-23)11-14-25-19(27)24-8-2-1-3-17(24)21-25/h4-7H,1-3,8-14H2. The Bertz CT molecular complexity index is 865. The van der Waals surface area contributed by atoms with Crippen molar-refractivity contribution in [2.75, 3.05) is 32.7 Å². The first-order valence-electron chi connectivity index (χ1n) is 9.55. The molecule has 7 nitrogen and oxygen atoms in total. The highest BCUT2D eigenvalue weighted by molar-refractivity contribution is 6.30. The third-order valence-corrected chi connectivity index (χ3v) is 5.66. The van der Waals surface area contributed by atoms with E-state index >= 15 is 0 Å². The molecule has 1 saturated heterocycles. The van der Waals surface area contributed by atoms with Crippen molar-refractivity contribution in [1.29, 1.82) is 0 Å². The van der Waals surface area contributed by atoms with Gasteiger partial charge in [-0.1, -0.05) is 11.6 Å². The Labute approximate surface area is 163 Å². The average molecular weight is 390 g/mol. The molecule has 4 rings (SSSR count). The van der Waals surface area contributed by atoms with E-state index in [0.29, 0.717) is 30.2 Å². The molecule has 8 heteroatoms. The average Bonchev–Trinajstić information content (AvgIpc) is 3.03. The second-order valence-electron chi connectivity index (χ2n) is 7.17. The lowest BCUT2D eigenvalue weighted by atomic mass is 10.2. The molecule has 1 amide bonds. The zero-order valence-corrected chi connectivity index (χ0v) is 16.1. The number of nitrogens with zero attached hydrogens (tertiary/aromatic N) is 5. The van der Waals surface area contributed by atoms with E-state index in [2.05, 4.69) is 10.00 Å². The molecule has 2 aliphatic heterocycles. The molecule has 0 radical (unpaired) electrons. The van der Waals surface area contributed by atoms with Crippen molar-refractivity contribution in [2.24, 2.45) is 0 Å². The van der Waals surface area contributed by atoms with Crippen molar-refractivity contribution in [1.82, 2.24) is 24.1 Å². The lowest BCUT2D eigenvalue weighted by Crippen LogP contribution is -2.49. The number of hydrogen-bond acceptors (Lipinski definition) is 4. The molecular formula is C19H24ClN5O2. The number of rotatable bonds is 4. The van der Waals surface area contributed by atoms with Gasteiger partial charge in [-0.25, -0.2) is 9.48 Å². The van der Waals surface area contributed by atoms with Crippen LogP contribution in [-0.4, -0.2) is 62.8 Å². The lowest BCUT2D eigenvalue weighted by Gasteiger charge is -2.34. The zero-order chi connectivity index (χ0) is 18.8. The summed E-state index contributed by atoms with van der Waals surface area (Å²) in [5, 5.41) is 5.12. The summed E-state index contributed by atoms with van der Waals surface area (Å²) in [5.41, 5.74) is 0.684. The Balaban J connectivity index is 1.30. The van der Waals surface area contributed by atoms with Crippen molar-refractivity contribution in [3.05, 3.63) is 51.2 Å². The van der Waals surface area contributed by atoms with E-state index in [-0.39, 0.29) is 11.6 Å². The zero-order valence-electron chi connectivity index (χ0n) is 15.3. The summed E-state index contributed by atoms with van der Waals surface area (Å²) in [6.07, 6.45) is 3.07. The summed E-state index contributed by atoms with van der Waals surface area (Å²) in [7, 11) is 0. The van der Waals surface area contributed by atoms with E-state index < -0.39 is 0 Å². The van der Waals surface area contributed by atoms with E-state index in [1.165, 1.54) is 0 Å². The Hall–Kier alpha value is -2.12. The molecule has 144 valence electrons. The molecule has 27 heavy (non-hydrogen) atoms. The Kier molecular flexibility index (Phi) is 5.31. The van der Waals surface area contributed by atoms with Crippen LogP contribution in [-0.2, 0) is 19.5 Å². The number of aromatic nitrogens is 3. The Morgan fingerprint density at radius 2 is 1.74 bits per heavy atom. The summed E-state index contributed by atoms with van der Waals surface area (Å²) in [4.78, 5) is 29.1. The molecule has 1 aromatic heterocycles. The maximum Gasteiger partial charge on any atom is 0.345 e. The van der Waals surface area contributed by atoms with E-state index in [0.717, 1.165) is 51.3 Å². The minimum atomic E-state index is 0.0150. The fourth-order valence-corrected chi connectivity index (χ4v) is 3.91. The maximum absolute atomic E-state index is 12.6. The number of carbonyl (C=O) groups excluding carboxylic acids is 1. The predicted molar refractivity (Wildman–Crippen MR) is 103 cm³/mol. The minimum absolute atomic E-state index is 0.0150. The molecule has 0 spiro atoms. The van der Waals surface area contributed by atoms with Gasteiger partial charge in [-0.05, 0) is 37.1 Å². The molecule has 2 aliphatic rings. The van der Waals surface area contributed by atoms with Crippen LogP contribution in [0.4, 0.5) is 0 Å². The largest absolute Gasteiger partial charge is 0.345 e. The number of fused-ring (bicyclic) bond motifs is 1. The second-order valence-corrected chi connectivity index (χ2v) is 7.61. The topological polar surface area (TPSA) is 63.4 Å². The number of piperazine rings is 1. The van der Waals surface area contributed by atoms with E-state index in [4.69, 9.17) is 11.6 Å². The highest BCUT2D eigenvalue weighted by Gasteiger charge is 2.23. The Morgan fingerprint density at radius 3 is 2.44 bits per heavy atom. The first-order chi connectivity index (χ1) is 13.1. The Morgan fingerprint density at radius 1 is 1.00 bits per heavy atom. The van der Waals surface area contributed by atoms with Gasteiger partial charge < -0.3 is 4.90 Å². The first-order valence-corrected chi connectivity index (χ1v) is 9.93. The summed E-state index contributed by atoms with van der Waals surface area (Å²) >= 11 is 5.89. The number of benzene rings is 1. The van der Waals surface area contributed by atoms with Crippen molar-refractivity contribution in [3.8, 4) is 0 Å². The SMILES string of the molecule is O=C(c1ccc(Cl)cc1)N1CCN(CCn2nc3n(c2=O)CCCC3)CC1. The molecule has 0 N–H and O–H groups in total. The highest BCUT2D eigenvalue weighted by atomic mass is 35.5. The number of carbonyl (C=O) groups is 1. The fraction of sp³-hybridized carbons (Fsp3) is 0.526. The first kappa shape index (κ1) is 18.3. The smallest absolute Gasteiger partial charge is 0.336 e. The van der Waals surface area contributed by atoms with Crippen molar-refractivity contribution < 1.29 is 4.79 Å². The number of halogens is 1. The molecular weight excluding hydrogens is 366 g/mol. The summed E-state index contributed by atoms with van der Waals surface area (Å²) in [6, 6.07) is 7.02. The molecule has 0 aliphatic carbocycles. The molecule has 0 bridgehead atoms. The van der Waals surface area contributed by atoms with Crippen LogP contribution in [0.15, 0.2) is 29.1 Å². The summed E-state index contributed by atoms with van der Waals surface area (Å²) in [6.45, 7) is 5.17. The van der Waals surface area contributed by atoms with Gasteiger partial charge in [-0.3, -0.25) is 14.3 Å². The van der Waals surface area contributed by atoms with E-state index in [1.807, 2.05) is 9.47 Å². The lowest BCUT2D eigenvalue weighted by molar-refractivity contribution is 0.0631. The van der Waals surface area contributed by atoms with Crippen molar-refractivity contribution in [2.45, 2.75) is 32.4 Å². The molecule has 2 aromatic rings. The van der Waals surface area contributed by atoms with Gasteiger partial charge in [-0.2, -0.15) is 5.10 Å². The van der Waals surface area contributed by atoms with Crippen LogP contribution in [0.1, 0.15) is 29.0 Å². The fourth-order valence-electron chi connectivity index (χ4n) is 3.78. The van der Waals surface area contributed by atoms with Gasteiger partial charge in [0.25, 0.3) is 5.91 Å². The van der Waals surface area contributed by atoms with E-state index in [1.54, 1.807) is 28.9 Å². The van der Waals surface area contributed by atoms with Crippen molar-refractivity contribution in [3.63, 3.8) is 0 Å². The van der Waals surface area contributed by atoms with Gasteiger partial charge in [0.1, 0.15) is 5.82 Å². The monoisotopic (exact) mass is 389 g/mol. The van der Waals surface area contributed by atoms with E-state index in [9.17, 15) is 9.59 Å². The normalized spacial score (nSPS) is 17.7. The van der Waals surface area contributed by atoms with Gasteiger partial charge in [0.15, 0.2) is 0 Å². The number of amides is 1. The van der Waals surface area contributed by atoms with Gasteiger partial charge in [0, 0.05) is 56.3 Å². The van der Waals surface area contributed by atoms with Gasteiger partial charge >= 0.3 is 5.69 Å². The molecule has 0 unspecified atom stereocenters. The summed E-state index contributed by atoms with van der Waals surface area (Å²) in [5.74, 6) is 0.967. The van der Waals surface area contributed by atoms with Crippen LogP contribution >= 0.6 is 11.6 Å². The molecule has 0 atom stereocenters. The van der Waals surface area contributed by atoms with Gasteiger partial charge in [0.2, 0.25) is 0 Å².